The Morgan fingerprint density at radius 1 is 1.06 bits per heavy atom. The fourth-order valence-electron chi connectivity index (χ4n) is 1.40. The molecule has 0 aliphatic heterocycles. The van der Waals surface area contributed by atoms with Crippen molar-refractivity contribution >= 4 is 29.7 Å². The van der Waals surface area contributed by atoms with Gasteiger partial charge >= 0.3 is 5.97 Å². The molecule has 0 saturated heterocycles. The van der Waals surface area contributed by atoms with Crippen LogP contribution >= 0.6 is 11.6 Å². The van der Waals surface area contributed by atoms with Gasteiger partial charge in [-0.05, 0) is 29.3 Å². The maximum absolute atomic E-state index is 10.6. The van der Waals surface area contributed by atoms with E-state index in [0.717, 1.165) is 11.1 Å². The summed E-state index contributed by atoms with van der Waals surface area (Å²) >= 11 is 5.79. The molecule has 0 fully saturated rings. The van der Waals surface area contributed by atoms with Crippen molar-refractivity contribution in [1.29, 1.82) is 0 Å². The fourth-order valence-corrected chi connectivity index (χ4v) is 1.52. The Labute approximate surface area is 109 Å². The molecule has 4 heteroatoms. The van der Waals surface area contributed by atoms with Crippen LogP contribution in [0.5, 0.6) is 0 Å². The average molecular weight is 260 g/mol. The Morgan fingerprint density at radius 2 is 1.67 bits per heavy atom. The minimum atomic E-state index is -1.02. The summed E-state index contributed by atoms with van der Waals surface area (Å²) in [5.41, 5.74) is 1.90. The van der Waals surface area contributed by atoms with E-state index in [4.69, 9.17) is 16.7 Å². The number of benzene rings is 1. The number of aromatic nitrogens is 1. The summed E-state index contributed by atoms with van der Waals surface area (Å²) in [5, 5.41) is 9.41. The monoisotopic (exact) mass is 259 g/mol. The van der Waals surface area contributed by atoms with E-state index in [1.165, 1.54) is 12.3 Å². The maximum Gasteiger partial charge on any atom is 0.354 e. The third kappa shape index (κ3) is 3.18. The van der Waals surface area contributed by atoms with Gasteiger partial charge in [0.2, 0.25) is 0 Å². The molecule has 0 saturated carbocycles. The van der Waals surface area contributed by atoms with Crippen LogP contribution in [-0.2, 0) is 0 Å². The highest BCUT2D eigenvalue weighted by atomic mass is 35.5. The van der Waals surface area contributed by atoms with Crippen LogP contribution in [0.25, 0.3) is 12.2 Å². The second-order valence-electron chi connectivity index (χ2n) is 3.67. The predicted molar refractivity (Wildman–Crippen MR) is 71.6 cm³/mol. The first-order valence-corrected chi connectivity index (χ1v) is 5.66. The molecule has 0 spiro atoms. The van der Waals surface area contributed by atoms with Crippen molar-refractivity contribution in [2.45, 2.75) is 0 Å². The highest BCUT2D eigenvalue weighted by Gasteiger charge is 2.01. The molecule has 1 heterocycles. The van der Waals surface area contributed by atoms with Gasteiger partial charge in [0, 0.05) is 11.2 Å². The topological polar surface area (TPSA) is 50.2 Å². The summed E-state index contributed by atoms with van der Waals surface area (Å²) in [6, 6.07) is 10.6. The van der Waals surface area contributed by atoms with E-state index >= 15 is 0 Å². The number of carbonyl (C=O) groups is 1. The number of halogens is 1. The molecule has 2 aromatic rings. The minimum Gasteiger partial charge on any atom is -0.477 e. The molecule has 90 valence electrons. The first-order valence-electron chi connectivity index (χ1n) is 5.28. The fraction of sp³-hybridized carbons (Fsp3) is 0. The van der Waals surface area contributed by atoms with Crippen LogP contribution in [0, 0.1) is 0 Å². The predicted octanol–water partition coefficient (Wildman–Crippen LogP) is 3.60. The van der Waals surface area contributed by atoms with Gasteiger partial charge in [0.1, 0.15) is 5.69 Å². The van der Waals surface area contributed by atoms with Gasteiger partial charge in [0.15, 0.2) is 0 Å². The lowest BCUT2D eigenvalue weighted by Crippen LogP contribution is -1.98. The molecule has 3 nitrogen and oxygen atoms in total. The number of rotatable bonds is 3. The summed E-state index contributed by atoms with van der Waals surface area (Å²) in [6.45, 7) is 0. The maximum atomic E-state index is 10.6. The van der Waals surface area contributed by atoms with E-state index in [-0.39, 0.29) is 5.69 Å². The summed E-state index contributed by atoms with van der Waals surface area (Å²) in [7, 11) is 0. The molecule has 0 radical (unpaired) electrons. The van der Waals surface area contributed by atoms with Gasteiger partial charge < -0.3 is 5.11 Å². The largest absolute Gasteiger partial charge is 0.477 e. The van der Waals surface area contributed by atoms with Crippen molar-refractivity contribution in [2.75, 3.05) is 0 Å². The molecular formula is C14H10ClNO2. The van der Waals surface area contributed by atoms with Gasteiger partial charge in [0.25, 0.3) is 0 Å². The Hall–Kier alpha value is -2.13. The van der Waals surface area contributed by atoms with Crippen molar-refractivity contribution in [1.82, 2.24) is 4.98 Å². The van der Waals surface area contributed by atoms with Crippen molar-refractivity contribution in [3.05, 3.63) is 64.4 Å². The highest BCUT2D eigenvalue weighted by molar-refractivity contribution is 6.30. The number of carboxylic acids is 1. The number of nitrogens with zero attached hydrogens (tertiary/aromatic N) is 1. The molecule has 2 rings (SSSR count). The number of carboxylic acid groups (broad SMARTS) is 1. The van der Waals surface area contributed by atoms with Crippen molar-refractivity contribution in [3.63, 3.8) is 0 Å². The standard InChI is InChI=1S/C14H10ClNO2/c15-12-6-3-10(4-7-12)1-2-11-5-8-13(14(17)18)16-9-11/h1-9H,(H,17,18)/b2-1-. The summed E-state index contributed by atoms with van der Waals surface area (Å²) < 4.78 is 0. The molecule has 18 heavy (non-hydrogen) atoms. The van der Waals surface area contributed by atoms with Crippen LogP contribution in [0.15, 0.2) is 42.6 Å². The van der Waals surface area contributed by atoms with Gasteiger partial charge in [-0.25, -0.2) is 9.78 Å². The Bertz CT molecular complexity index is 574. The van der Waals surface area contributed by atoms with Crippen LogP contribution in [0.4, 0.5) is 0 Å². The molecule has 0 bridgehead atoms. The molecule has 1 aromatic carbocycles. The molecule has 0 unspecified atom stereocenters. The van der Waals surface area contributed by atoms with E-state index in [2.05, 4.69) is 4.98 Å². The van der Waals surface area contributed by atoms with Gasteiger partial charge in [-0.2, -0.15) is 0 Å². The highest BCUT2D eigenvalue weighted by Crippen LogP contribution is 2.12. The van der Waals surface area contributed by atoms with Gasteiger partial charge in [-0.3, -0.25) is 0 Å². The summed E-state index contributed by atoms with van der Waals surface area (Å²) in [5.74, 6) is -1.02. The average Bonchev–Trinajstić information content (AvgIpc) is 2.38. The van der Waals surface area contributed by atoms with E-state index in [1.54, 1.807) is 6.07 Å². The Morgan fingerprint density at radius 3 is 2.22 bits per heavy atom. The second kappa shape index (κ2) is 5.47. The van der Waals surface area contributed by atoms with Crippen molar-refractivity contribution in [2.24, 2.45) is 0 Å². The molecule has 1 aromatic heterocycles. The first-order chi connectivity index (χ1) is 8.65. The van der Waals surface area contributed by atoms with Crippen LogP contribution in [-0.4, -0.2) is 16.1 Å². The minimum absolute atomic E-state index is 0.0404. The Balaban J connectivity index is 2.13. The first kappa shape index (κ1) is 12.3. The van der Waals surface area contributed by atoms with E-state index in [1.807, 2.05) is 36.4 Å². The van der Waals surface area contributed by atoms with Crippen LogP contribution in [0.2, 0.25) is 5.02 Å². The number of pyridine rings is 1. The quantitative estimate of drug-likeness (QED) is 0.916. The zero-order valence-corrected chi connectivity index (χ0v) is 10.1. The summed E-state index contributed by atoms with van der Waals surface area (Å²) in [6.07, 6.45) is 5.30. The normalized spacial score (nSPS) is 10.7. The van der Waals surface area contributed by atoms with E-state index in [9.17, 15) is 4.79 Å². The third-order valence-electron chi connectivity index (χ3n) is 2.34. The van der Waals surface area contributed by atoms with Crippen molar-refractivity contribution < 1.29 is 9.90 Å². The van der Waals surface area contributed by atoms with E-state index in [0.29, 0.717) is 5.02 Å². The lowest BCUT2D eigenvalue weighted by Gasteiger charge is -1.96. The zero-order valence-electron chi connectivity index (χ0n) is 9.38. The number of hydrogen-bond acceptors (Lipinski definition) is 2. The summed E-state index contributed by atoms with van der Waals surface area (Å²) in [4.78, 5) is 14.5. The molecule has 0 atom stereocenters. The molecule has 0 amide bonds. The van der Waals surface area contributed by atoms with E-state index < -0.39 is 5.97 Å². The molecule has 1 N–H and O–H groups in total. The molecule has 0 aliphatic carbocycles. The van der Waals surface area contributed by atoms with Crippen LogP contribution in [0.3, 0.4) is 0 Å². The Kier molecular flexibility index (Phi) is 3.75. The lowest BCUT2D eigenvalue weighted by atomic mass is 10.1. The van der Waals surface area contributed by atoms with Gasteiger partial charge in [-0.15, -0.1) is 0 Å². The molecular weight excluding hydrogens is 250 g/mol. The van der Waals surface area contributed by atoms with Crippen molar-refractivity contribution in [3.8, 4) is 0 Å². The lowest BCUT2D eigenvalue weighted by molar-refractivity contribution is 0.0690. The number of aromatic carboxylic acids is 1. The smallest absolute Gasteiger partial charge is 0.354 e. The van der Waals surface area contributed by atoms with Crippen LogP contribution in [0.1, 0.15) is 21.6 Å². The third-order valence-corrected chi connectivity index (χ3v) is 2.60. The molecule has 0 aliphatic rings. The van der Waals surface area contributed by atoms with Gasteiger partial charge in [-0.1, -0.05) is 42.0 Å². The SMILES string of the molecule is O=C(O)c1ccc(/C=C\c2ccc(Cl)cc2)cn1. The van der Waals surface area contributed by atoms with Crippen LogP contribution < -0.4 is 0 Å². The van der Waals surface area contributed by atoms with Gasteiger partial charge in [0.05, 0.1) is 0 Å². The second-order valence-corrected chi connectivity index (χ2v) is 4.10. The number of hydrogen-bond donors (Lipinski definition) is 1. The zero-order chi connectivity index (χ0) is 13.0.